The highest BCUT2D eigenvalue weighted by molar-refractivity contribution is 5.67. The van der Waals surface area contributed by atoms with E-state index in [9.17, 15) is 4.79 Å². The summed E-state index contributed by atoms with van der Waals surface area (Å²) in [5, 5.41) is 10.9. The van der Waals surface area contributed by atoms with Gasteiger partial charge in [-0.2, -0.15) is 0 Å². The molecule has 0 rings (SSSR count). The SMILES string of the molecule is CC(C)OC(=O)NCCCO. The average molecular weight is 161 g/mol. The number of amides is 1. The first-order valence-electron chi connectivity index (χ1n) is 3.72. The Labute approximate surface area is 66.5 Å². The lowest BCUT2D eigenvalue weighted by Crippen LogP contribution is -2.28. The molecule has 0 heterocycles. The number of hydrogen-bond donors (Lipinski definition) is 2. The van der Waals surface area contributed by atoms with Gasteiger partial charge in [0, 0.05) is 13.2 Å². The number of hydrogen-bond acceptors (Lipinski definition) is 3. The van der Waals surface area contributed by atoms with Crippen molar-refractivity contribution in [1.82, 2.24) is 5.32 Å². The maximum absolute atomic E-state index is 10.7. The molecule has 0 bridgehead atoms. The number of carbonyl (C=O) groups is 1. The monoisotopic (exact) mass is 161 g/mol. The third kappa shape index (κ3) is 7.12. The van der Waals surface area contributed by atoms with E-state index in [0.717, 1.165) is 0 Å². The van der Waals surface area contributed by atoms with Crippen LogP contribution in [-0.4, -0.2) is 30.5 Å². The Morgan fingerprint density at radius 1 is 1.64 bits per heavy atom. The van der Waals surface area contributed by atoms with Crippen LogP contribution >= 0.6 is 0 Å². The summed E-state index contributed by atoms with van der Waals surface area (Å²) in [4.78, 5) is 10.7. The molecule has 0 aromatic carbocycles. The number of alkyl carbamates (subject to hydrolysis) is 1. The van der Waals surface area contributed by atoms with Crippen molar-refractivity contribution in [2.45, 2.75) is 26.4 Å². The van der Waals surface area contributed by atoms with E-state index in [-0.39, 0.29) is 12.7 Å². The molecule has 66 valence electrons. The predicted molar refractivity (Wildman–Crippen MR) is 41.3 cm³/mol. The van der Waals surface area contributed by atoms with Crippen molar-refractivity contribution in [3.05, 3.63) is 0 Å². The Morgan fingerprint density at radius 2 is 2.27 bits per heavy atom. The van der Waals surface area contributed by atoms with Gasteiger partial charge < -0.3 is 15.2 Å². The molecule has 0 unspecified atom stereocenters. The molecule has 1 amide bonds. The first kappa shape index (κ1) is 10.2. The molecule has 0 aliphatic carbocycles. The maximum atomic E-state index is 10.7. The molecule has 4 heteroatoms. The molecular weight excluding hydrogens is 146 g/mol. The van der Waals surface area contributed by atoms with E-state index in [1.807, 2.05) is 0 Å². The van der Waals surface area contributed by atoms with Crippen molar-refractivity contribution in [3.8, 4) is 0 Å². The van der Waals surface area contributed by atoms with Crippen molar-refractivity contribution in [1.29, 1.82) is 0 Å². The predicted octanol–water partition coefficient (Wildman–Crippen LogP) is 0.503. The number of aliphatic hydroxyl groups is 1. The fourth-order valence-corrected chi connectivity index (χ4v) is 0.525. The van der Waals surface area contributed by atoms with Gasteiger partial charge in [-0.1, -0.05) is 0 Å². The minimum absolute atomic E-state index is 0.0853. The van der Waals surface area contributed by atoms with E-state index < -0.39 is 6.09 Å². The third-order valence-corrected chi connectivity index (χ3v) is 0.947. The van der Waals surface area contributed by atoms with Crippen LogP contribution in [-0.2, 0) is 4.74 Å². The Morgan fingerprint density at radius 3 is 2.73 bits per heavy atom. The number of aliphatic hydroxyl groups excluding tert-OH is 1. The minimum atomic E-state index is -0.423. The van der Waals surface area contributed by atoms with Gasteiger partial charge >= 0.3 is 6.09 Å². The summed E-state index contributed by atoms with van der Waals surface area (Å²) >= 11 is 0. The molecule has 0 saturated heterocycles. The van der Waals surface area contributed by atoms with E-state index in [0.29, 0.717) is 13.0 Å². The van der Waals surface area contributed by atoms with Crippen LogP contribution in [0.4, 0.5) is 4.79 Å². The Balaban J connectivity index is 3.23. The zero-order valence-electron chi connectivity index (χ0n) is 6.96. The third-order valence-electron chi connectivity index (χ3n) is 0.947. The standard InChI is InChI=1S/C7H15NO3/c1-6(2)11-7(10)8-4-3-5-9/h6,9H,3-5H2,1-2H3,(H,8,10). The van der Waals surface area contributed by atoms with Crippen molar-refractivity contribution >= 4 is 6.09 Å². The summed E-state index contributed by atoms with van der Waals surface area (Å²) in [5.74, 6) is 0. The number of carbonyl (C=O) groups excluding carboxylic acids is 1. The fourth-order valence-electron chi connectivity index (χ4n) is 0.525. The fraction of sp³-hybridized carbons (Fsp3) is 0.857. The molecule has 0 aliphatic rings. The van der Waals surface area contributed by atoms with Gasteiger partial charge in [-0.05, 0) is 20.3 Å². The van der Waals surface area contributed by atoms with Gasteiger partial charge in [0.2, 0.25) is 0 Å². The van der Waals surface area contributed by atoms with Crippen molar-refractivity contribution in [3.63, 3.8) is 0 Å². The van der Waals surface area contributed by atoms with Gasteiger partial charge in [0.15, 0.2) is 0 Å². The zero-order chi connectivity index (χ0) is 8.69. The molecule has 0 aromatic rings. The van der Waals surface area contributed by atoms with Gasteiger partial charge in [-0.3, -0.25) is 0 Å². The molecule has 4 nitrogen and oxygen atoms in total. The summed E-state index contributed by atoms with van der Waals surface area (Å²) in [6, 6.07) is 0. The second-order valence-corrected chi connectivity index (χ2v) is 2.46. The Hall–Kier alpha value is -0.770. The highest BCUT2D eigenvalue weighted by Crippen LogP contribution is 1.87. The molecular formula is C7H15NO3. The molecule has 0 saturated carbocycles. The van der Waals surface area contributed by atoms with Gasteiger partial charge in [0.25, 0.3) is 0 Å². The summed E-state index contributed by atoms with van der Waals surface area (Å²) in [5.41, 5.74) is 0. The van der Waals surface area contributed by atoms with Crippen LogP contribution in [0.3, 0.4) is 0 Å². The molecule has 11 heavy (non-hydrogen) atoms. The minimum Gasteiger partial charge on any atom is -0.447 e. The summed E-state index contributed by atoms with van der Waals surface area (Å²) in [6.45, 7) is 4.11. The van der Waals surface area contributed by atoms with Gasteiger partial charge in [-0.15, -0.1) is 0 Å². The molecule has 0 atom stereocenters. The maximum Gasteiger partial charge on any atom is 0.407 e. The summed E-state index contributed by atoms with van der Waals surface area (Å²) < 4.78 is 4.77. The lowest BCUT2D eigenvalue weighted by Gasteiger charge is -2.08. The molecule has 0 aliphatic heterocycles. The molecule has 0 fully saturated rings. The summed E-state index contributed by atoms with van der Waals surface area (Å²) in [7, 11) is 0. The largest absolute Gasteiger partial charge is 0.447 e. The Kier molecular flexibility index (Phi) is 5.56. The normalized spacial score (nSPS) is 9.82. The highest BCUT2D eigenvalue weighted by Gasteiger charge is 2.01. The molecule has 0 radical (unpaired) electrons. The van der Waals surface area contributed by atoms with Crippen LogP contribution in [0, 0.1) is 0 Å². The number of ether oxygens (including phenoxy) is 1. The van der Waals surface area contributed by atoms with Crippen LogP contribution in [0.2, 0.25) is 0 Å². The first-order chi connectivity index (χ1) is 5.16. The van der Waals surface area contributed by atoms with Crippen LogP contribution in [0.5, 0.6) is 0 Å². The van der Waals surface area contributed by atoms with Crippen LogP contribution < -0.4 is 5.32 Å². The molecule has 2 N–H and O–H groups in total. The quantitative estimate of drug-likeness (QED) is 0.590. The van der Waals surface area contributed by atoms with Crippen molar-refractivity contribution in [2.75, 3.05) is 13.2 Å². The number of nitrogens with one attached hydrogen (secondary N) is 1. The number of rotatable bonds is 4. The zero-order valence-corrected chi connectivity index (χ0v) is 6.96. The smallest absolute Gasteiger partial charge is 0.407 e. The average Bonchev–Trinajstić information content (AvgIpc) is 1.86. The van der Waals surface area contributed by atoms with E-state index in [4.69, 9.17) is 9.84 Å². The topological polar surface area (TPSA) is 58.6 Å². The van der Waals surface area contributed by atoms with Crippen LogP contribution in [0.1, 0.15) is 20.3 Å². The lowest BCUT2D eigenvalue weighted by molar-refractivity contribution is 0.115. The highest BCUT2D eigenvalue weighted by atomic mass is 16.6. The first-order valence-corrected chi connectivity index (χ1v) is 3.72. The van der Waals surface area contributed by atoms with E-state index >= 15 is 0 Å². The second kappa shape index (κ2) is 5.97. The van der Waals surface area contributed by atoms with Gasteiger partial charge in [-0.25, -0.2) is 4.79 Å². The van der Waals surface area contributed by atoms with Crippen molar-refractivity contribution < 1.29 is 14.6 Å². The van der Waals surface area contributed by atoms with E-state index in [1.165, 1.54) is 0 Å². The Bertz CT molecular complexity index is 114. The van der Waals surface area contributed by atoms with Gasteiger partial charge in [0.05, 0.1) is 6.10 Å². The molecule has 0 spiro atoms. The van der Waals surface area contributed by atoms with E-state index in [1.54, 1.807) is 13.8 Å². The van der Waals surface area contributed by atoms with E-state index in [2.05, 4.69) is 5.32 Å². The molecule has 0 aromatic heterocycles. The van der Waals surface area contributed by atoms with Gasteiger partial charge in [0.1, 0.15) is 0 Å². The second-order valence-electron chi connectivity index (χ2n) is 2.46. The van der Waals surface area contributed by atoms with Crippen molar-refractivity contribution in [2.24, 2.45) is 0 Å². The lowest BCUT2D eigenvalue weighted by atomic mass is 10.4. The van der Waals surface area contributed by atoms with Crippen LogP contribution in [0.25, 0.3) is 0 Å². The van der Waals surface area contributed by atoms with Crippen LogP contribution in [0.15, 0.2) is 0 Å². The summed E-state index contributed by atoms with van der Waals surface area (Å²) in [6.07, 6.45) is 0.0466.